The molecule has 178 valence electrons. The van der Waals surface area contributed by atoms with Gasteiger partial charge in [0, 0.05) is 6.42 Å². The Morgan fingerprint density at radius 2 is 1.73 bits per heavy atom. The van der Waals surface area contributed by atoms with Crippen molar-refractivity contribution < 1.29 is 28.3 Å². The molecule has 2 aromatic rings. The zero-order valence-corrected chi connectivity index (χ0v) is 20.4. The first-order valence-electron chi connectivity index (χ1n) is 11.1. The lowest BCUT2D eigenvalue weighted by atomic mass is 10.0. The molecule has 0 aliphatic heterocycles. The van der Waals surface area contributed by atoms with Crippen LogP contribution in [-0.4, -0.2) is 56.1 Å². The van der Waals surface area contributed by atoms with Crippen LogP contribution in [0.25, 0.3) is 0 Å². The molecule has 2 aromatic carbocycles. The number of esters is 2. The number of nitrogens with zero attached hydrogens (tertiary/aromatic N) is 1. The van der Waals surface area contributed by atoms with E-state index in [1.165, 1.54) is 7.11 Å². The second-order valence-electron chi connectivity index (χ2n) is 8.87. The van der Waals surface area contributed by atoms with Crippen LogP contribution in [0.2, 0.25) is 0 Å². The number of benzene rings is 2. The molecule has 33 heavy (non-hydrogen) atoms. The lowest BCUT2D eigenvalue weighted by molar-refractivity contribution is -0.899. The monoisotopic (exact) mass is 455 g/mol. The number of hydrogen-bond acceptors (Lipinski definition) is 5. The molecule has 0 heterocycles. The zero-order chi connectivity index (χ0) is 24.6. The average Bonchev–Trinajstić information content (AvgIpc) is 2.77. The van der Waals surface area contributed by atoms with Crippen molar-refractivity contribution >= 4 is 23.5 Å². The summed E-state index contributed by atoms with van der Waals surface area (Å²) in [5, 5.41) is 2.94. The van der Waals surface area contributed by atoms with E-state index in [0.717, 1.165) is 23.1 Å². The molecule has 0 aromatic heterocycles. The third-order valence-corrected chi connectivity index (χ3v) is 5.62. The van der Waals surface area contributed by atoms with Crippen molar-refractivity contribution in [3.8, 4) is 0 Å². The molecule has 0 saturated carbocycles. The van der Waals surface area contributed by atoms with Crippen molar-refractivity contribution in [1.82, 2.24) is 0 Å². The van der Waals surface area contributed by atoms with E-state index < -0.39 is 12.0 Å². The van der Waals surface area contributed by atoms with Crippen LogP contribution in [0.5, 0.6) is 0 Å². The van der Waals surface area contributed by atoms with Crippen LogP contribution in [0, 0.1) is 13.8 Å². The van der Waals surface area contributed by atoms with E-state index in [-0.39, 0.29) is 29.5 Å². The number of rotatable bonds is 10. The molecule has 0 radical (unpaired) electrons. The summed E-state index contributed by atoms with van der Waals surface area (Å²) in [7, 11) is 4.99. The minimum Gasteiger partial charge on any atom is -0.465 e. The summed E-state index contributed by atoms with van der Waals surface area (Å²) in [5.74, 6) is -1.14. The van der Waals surface area contributed by atoms with Gasteiger partial charge in [0.15, 0.2) is 12.6 Å². The molecule has 1 atom stereocenters. The number of nitrogens with one attached hydrogen (secondary N) is 1. The number of likely N-dealkylation sites (N-methyl/N-ethyl adjacent to an activating group) is 1. The molecular formula is C26H35N2O5+. The molecular weight excluding hydrogens is 420 g/mol. The van der Waals surface area contributed by atoms with Crippen LogP contribution in [0.3, 0.4) is 0 Å². The maximum atomic E-state index is 13.4. The van der Waals surface area contributed by atoms with Gasteiger partial charge in [-0.1, -0.05) is 43.3 Å². The van der Waals surface area contributed by atoms with E-state index in [9.17, 15) is 14.4 Å². The molecule has 0 saturated heterocycles. The normalized spacial score (nSPS) is 12.1. The summed E-state index contributed by atoms with van der Waals surface area (Å²) < 4.78 is 10.5. The predicted octanol–water partition coefficient (Wildman–Crippen LogP) is 4.02. The Bertz CT molecular complexity index is 986. The summed E-state index contributed by atoms with van der Waals surface area (Å²) >= 11 is 0. The van der Waals surface area contributed by atoms with Crippen LogP contribution < -0.4 is 5.32 Å². The number of ether oxygens (including phenoxy) is 2. The Morgan fingerprint density at radius 1 is 1.06 bits per heavy atom. The largest absolute Gasteiger partial charge is 0.465 e. The van der Waals surface area contributed by atoms with Gasteiger partial charge in [-0.3, -0.25) is 4.79 Å². The third kappa shape index (κ3) is 7.15. The molecule has 0 fully saturated rings. The highest BCUT2D eigenvalue weighted by Crippen LogP contribution is 2.25. The van der Waals surface area contributed by atoms with Crippen LogP contribution in [0.15, 0.2) is 42.5 Å². The van der Waals surface area contributed by atoms with Crippen molar-refractivity contribution in [3.63, 3.8) is 0 Å². The topological polar surface area (TPSA) is 81.7 Å². The summed E-state index contributed by atoms with van der Waals surface area (Å²) in [6, 6.07) is 12.6. The van der Waals surface area contributed by atoms with Crippen LogP contribution in [0.1, 0.15) is 46.8 Å². The molecule has 0 aliphatic rings. The average molecular weight is 456 g/mol. The van der Waals surface area contributed by atoms with Gasteiger partial charge in [-0.15, -0.1) is 0 Å². The number of quaternary nitrogens is 1. The fourth-order valence-electron chi connectivity index (χ4n) is 3.91. The molecule has 7 heteroatoms. The van der Waals surface area contributed by atoms with Gasteiger partial charge >= 0.3 is 11.9 Å². The lowest BCUT2D eigenvalue weighted by Gasteiger charge is -2.36. The molecule has 1 amide bonds. The fourth-order valence-corrected chi connectivity index (χ4v) is 3.91. The lowest BCUT2D eigenvalue weighted by Crippen LogP contribution is -2.57. The second-order valence-corrected chi connectivity index (χ2v) is 8.87. The van der Waals surface area contributed by atoms with Crippen LogP contribution in [-0.2, 0) is 25.7 Å². The maximum absolute atomic E-state index is 13.4. The Morgan fingerprint density at radius 3 is 2.33 bits per heavy atom. The van der Waals surface area contributed by atoms with Gasteiger partial charge in [0.05, 0.1) is 32.5 Å². The molecule has 0 spiro atoms. The SMILES string of the molecule is CCCC(C(=O)Nc1c(C)cc(C)cc1C(=O)OC)[N+](C)(C)CC(=O)OCc1ccccc1. The van der Waals surface area contributed by atoms with E-state index in [4.69, 9.17) is 9.47 Å². The molecule has 2 rings (SSSR count). The van der Waals surface area contributed by atoms with Gasteiger partial charge in [-0.05, 0) is 43.0 Å². The second kappa shape index (κ2) is 11.6. The molecule has 0 bridgehead atoms. The highest BCUT2D eigenvalue weighted by atomic mass is 16.5. The number of amides is 1. The molecule has 1 unspecified atom stereocenters. The van der Waals surface area contributed by atoms with Gasteiger partial charge in [-0.25, -0.2) is 9.59 Å². The Kier molecular flexibility index (Phi) is 9.17. The minimum absolute atomic E-state index is 0.0433. The van der Waals surface area contributed by atoms with Crippen molar-refractivity contribution in [1.29, 1.82) is 0 Å². The standard InChI is InChI=1S/C26H34N2O5/c1-7-11-22(28(4,5)16-23(29)33-17-20-12-9-8-10-13-20)25(30)27-24-19(3)14-18(2)15-21(24)26(31)32-6/h8-10,12-15,22H,7,11,16-17H2,1-6H3/p+1. The van der Waals surface area contributed by atoms with Gasteiger partial charge in [0.2, 0.25) is 0 Å². The van der Waals surface area contributed by atoms with E-state index in [1.54, 1.807) is 6.07 Å². The number of aryl methyl sites for hydroxylation is 2. The van der Waals surface area contributed by atoms with Crippen LogP contribution >= 0.6 is 0 Å². The van der Waals surface area contributed by atoms with Gasteiger partial charge in [0.25, 0.3) is 5.91 Å². The van der Waals surface area contributed by atoms with Crippen molar-refractivity contribution in [3.05, 3.63) is 64.7 Å². The summed E-state index contributed by atoms with van der Waals surface area (Å²) in [6.07, 6.45) is 1.33. The number of anilines is 1. The summed E-state index contributed by atoms with van der Waals surface area (Å²) in [6.45, 7) is 5.94. The van der Waals surface area contributed by atoms with E-state index in [1.807, 2.05) is 71.3 Å². The van der Waals surface area contributed by atoms with Gasteiger partial charge < -0.3 is 19.3 Å². The number of methoxy groups -OCH3 is 1. The number of carbonyl (C=O) groups excluding carboxylic acids is 3. The van der Waals surface area contributed by atoms with E-state index >= 15 is 0 Å². The van der Waals surface area contributed by atoms with E-state index in [2.05, 4.69) is 5.32 Å². The first-order valence-corrected chi connectivity index (χ1v) is 11.1. The highest BCUT2D eigenvalue weighted by Gasteiger charge is 2.37. The Hall–Kier alpha value is -3.19. The first-order chi connectivity index (χ1) is 15.6. The fraction of sp³-hybridized carbons (Fsp3) is 0.423. The predicted molar refractivity (Wildman–Crippen MR) is 128 cm³/mol. The molecule has 1 N–H and O–H groups in total. The van der Waals surface area contributed by atoms with Crippen molar-refractivity contribution in [2.24, 2.45) is 0 Å². The Balaban J connectivity index is 2.18. The molecule has 0 aliphatic carbocycles. The maximum Gasteiger partial charge on any atom is 0.362 e. The number of hydrogen-bond donors (Lipinski definition) is 1. The summed E-state index contributed by atoms with van der Waals surface area (Å²) in [4.78, 5) is 38.3. The van der Waals surface area contributed by atoms with Gasteiger partial charge in [-0.2, -0.15) is 0 Å². The summed E-state index contributed by atoms with van der Waals surface area (Å²) in [5.41, 5.74) is 3.32. The first kappa shape index (κ1) is 26.1. The smallest absolute Gasteiger partial charge is 0.362 e. The minimum atomic E-state index is -0.512. The van der Waals surface area contributed by atoms with Crippen molar-refractivity contribution in [2.75, 3.05) is 33.1 Å². The quantitative estimate of drug-likeness (QED) is 0.432. The Labute approximate surface area is 196 Å². The molecule has 7 nitrogen and oxygen atoms in total. The number of carbonyl (C=O) groups is 3. The van der Waals surface area contributed by atoms with Crippen LogP contribution in [0.4, 0.5) is 5.69 Å². The van der Waals surface area contributed by atoms with E-state index in [0.29, 0.717) is 17.7 Å². The van der Waals surface area contributed by atoms with Gasteiger partial charge in [0.1, 0.15) is 6.61 Å². The third-order valence-electron chi connectivity index (χ3n) is 5.62. The zero-order valence-electron chi connectivity index (χ0n) is 20.4. The van der Waals surface area contributed by atoms with Crippen molar-refractivity contribution in [2.45, 2.75) is 46.3 Å². The highest BCUT2D eigenvalue weighted by molar-refractivity contribution is 6.03.